The van der Waals surface area contributed by atoms with Gasteiger partial charge < -0.3 is 4.57 Å². The minimum absolute atomic E-state index is 0.115. The van der Waals surface area contributed by atoms with Crippen LogP contribution in [0.15, 0.2) is 51.3 Å². The number of hydrogen-bond acceptors (Lipinski definition) is 5. The van der Waals surface area contributed by atoms with Crippen LogP contribution in [0.1, 0.15) is 12.0 Å². The second-order valence-electron chi connectivity index (χ2n) is 5.77. The molecule has 2 aromatic heterocycles. The van der Waals surface area contributed by atoms with E-state index in [9.17, 15) is 14.4 Å². The van der Waals surface area contributed by atoms with Crippen LogP contribution in [0.2, 0.25) is 0 Å². The largest absolute Gasteiger partial charge is 0.332 e. The summed E-state index contributed by atoms with van der Waals surface area (Å²) in [4.78, 5) is 40.3. The van der Waals surface area contributed by atoms with Gasteiger partial charge >= 0.3 is 5.69 Å². The summed E-state index contributed by atoms with van der Waals surface area (Å²) in [5.41, 5.74) is 3.01. The highest BCUT2D eigenvalue weighted by molar-refractivity contribution is 5.82. The van der Waals surface area contributed by atoms with Gasteiger partial charge in [-0.05, 0) is 5.56 Å². The van der Waals surface area contributed by atoms with E-state index in [1.165, 1.54) is 17.9 Å². The molecular weight excluding hydrogens is 336 g/mol. The lowest BCUT2D eigenvalue weighted by Crippen LogP contribution is -2.37. The highest BCUT2D eigenvalue weighted by Gasteiger charge is 2.14. The van der Waals surface area contributed by atoms with E-state index in [0.29, 0.717) is 5.65 Å². The van der Waals surface area contributed by atoms with Gasteiger partial charge in [-0.2, -0.15) is 5.10 Å². The van der Waals surface area contributed by atoms with Crippen molar-refractivity contribution in [2.24, 2.45) is 19.2 Å². The third kappa shape index (κ3) is 3.32. The van der Waals surface area contributed by atoms with E-state index < -0.39 is 11.2 Å². The summed E-state index contributed by atoms with van der Waals surface area (Å²) in [6.07, 6.45) is 3.12. The van der Waals surface area contributed by atoms with Gasteiger partial charge in [0, 0.05) is 27.1 Å². The minimum Gasteiger partial charge on any atom is -0.324 e. The number of imidazole rings is 1. The number of fused-ring (bicyclic) bond motifs is 1. The molecule has 1 aromatic carbocycles. The Kier molecular flexibility index (Phi) is 4.78. The average Bonchev–Trinajstić information content (AvgIpc) is 3.08. The smallest absolute Gasteiger partial charge is 0.324 e. The fourth-order valence-electron chi connectivity index (χ4n) is 2.56. The molecule has 3 rings (SSSR count). The topological polar surface area (TPSA) is 103 Å². The molecule has 9 heteroatoms. The Morgan fingerprint density at radius 2 is 1.92 bits per heavy atom. The van der Waals surface area contributed by atoms with Crippen LogP contribution >= 0.6 is 0 Å². The number of aromatic nitrogens is 4. The van der Waals surface area contributed by atoms with E-state index >= 15 is 0 Å². The molecule has 1 N–H and O–H groups in total. The van der Waals surface area contributed by atoms with Crippen molar-refractivity contribution in [3.63, 3.8) is 0 Å². The highest BCUT2D eigenvalue weighted by atomic mass is 16.2. The number of carbonyl (C=O) groups is 1. The zero-order valence-electron chi connectivity index (χ0n) is 14.4. The molecule has 1 amide bonds. The molecule has 0 aliphatic carbocycles. The number of carbonyl (C=O) groups excluding carboxylic acids is 1. The van der Waals surface area contributed by atoms with Gasteiger partial charge in [0.2, 0.25) is 5.91 Å². The van der Waals surface area contributed by atoms with Gasteiger partial charge in [-0.15, -0.1) is 0 Å². The van der Waals surface area contributed by atoms with Crippen molar-refractivity contribution in [1.82, 2.24) is 24.1 Å². The van der Waals surface area contributed by atoms with Gasteiger partial charge in [0.05, 0.1) is 12.5 Å². The summed E-state index contributed by atoms with van der Waals surface area (Å²) in [6, 6.07) is 9.38. The van der Waals surface area contributed by atoms with Crippen LogP contribution < -0.4 is 16.7 Å². The summed E-state index contributed by atoms with van der Waals surface area (Å²) >= 11 is 0. The number of nitrogens with one attached hydrogen (secondary N) is 1. The van der Waals surface area contributed by atoms with Gasteiger partial charge in [0.25, 0.3) is 5.56 Å². The van der Waals surface area contributed by atoms with E-state index in [-0.39, 0.29) is 24.4 Å². The summed E-state index contributed by atoms with van der Waals surface area (Å²) in [5.74, 6) is -0.291. The quantitative estimate of drug-likeness (QED) is 0.513. The second kappa shape index (κ2) is 7.18. The molecule has 0 saturated heterocycles. The SMILES string of the molecule is Cn1c(=O)c2c(ncn2CCC(=O)N/N=C\c2ccccc2)n(C)c1=O. The molecule has 26 heavy (non-hydrogen) atoms. The zero-order chi connectivity index (χ0) is 18.7. The maximum Gasteiger partial charge on any atom is 0.332 e. The van der Waals surface area contributed by atoms with Crippen LogP contribution in [0.5, 0.6) is 0 Å². The van der Waals surface area contributed by atoms with E-state index in [1.807, 2.05) is 30.3 Å². The predicted octanol–water partition coefficient (Wildman–Crippen LogP) is -0.0259. The molecule has 0 fully saturated rings. The molecule has 0 radical (unpaired) electrons. The Hall–Kier alpha value is -3.49. The molecule has 0 aliphatic heterocycles. The van der Waals surface area contributed by atoms with E-state index in [2.05, 4.69) is 15.5 Å². The Balaban J connectivity index is 1.70. The first-order valence-electron chi connectivity index (χ1n) is 7.97. The van der Waals surface area contributed by atoms with Crippen LogP contribution in [0.25, 0.3) is 11.2 Å². The lowest BCUT2D eigenvalue weighted by atomic mass is 10.2. The summed E-state index contributed by atoms with van der Waals surface area (Å²) in [6.45, 7) is 0.247. The normalized spacial score (nSPS) is 11.3. The Morgan fingerprint density at radius 1 is 1.19 bits per heavy atom. The van der Waals surface area contributed by atoms with Crippen molar-refractivity contribution >= 4 is 23.3 Å². The van der Waals surface area contributed by atoms with Gasteiger partial charge in [-0.25, -0.2) is 15.2 Å². The molecule has 0 unspecified atom stereocenters. The maximum atomic E-state index is 12.3. The van der Waals surface area contributed by atoms with Crippen LogP contribution in [-0.4, -0.2) is 30.8 Å². The molecule has 0 atom stereocenters. The molecule has 134 valence electrons. The summed E-state index contributed by atoms with van der Waals surface area (Å²) in [7, 11) is 2.96. The molecule has 0 bridgehead atoms. The maximum absolute atomic E-state index is 12.3. The van der Waals surface area contributed by atoms with Gasteiger partial charge in [0.15, 0.2) is 11.2 Å². The first-order chi connectivity index (χ1) is 12.5. The highest BCUT2D eigenvalue weighted by Crippen LogP contribution is 2.06. The molecule has 0 aliphatic rings. The van der Waals surface area contributed by atoms with Gasteiger partial charge in [0.1, 0.15) is 0 Å². The first-order valence-corrected chi connectivity index (χ1v) is 7.97. The van der Waals surface area contributed by atoms with E-state index in [0.717, 1.165) is 10.1 Å². The van der Waals surface area contributed by atoms with Gasteiger partial charge in [-0.3, -0.25) is 18.7 Å². The van der Waals surface area contributed by atoms with Crippen molar-refractivity contribution in [2.75, 3.05) is 0 Å². The number of nitrogens with zero attached hydrogens (tertiary/aromatic N) is 5. The number of aryl methyl sites for hydroxylation is 2. The number of hydrogen-bond donors (Lipinski definition) is 1. The lowest BCUT2D eigenvalue weighted by Gasteiger charge is -2.06. The molecule has 0 spiro atoms. The Labute approximate surface area is 148 Å². The number of rotatable bonds is 5. The molecule has 0 saturated carbocycles. The second-order valence-corrected chi connectivity index (χ2v) is 5.77. The van der Waals surface area contributed by atoms with E-state index in [4.69, 9.17) is 0 Å². The average molecular weight is 354 g/mol. The molecule has 2 heterocycles. The van der Waals surface area contributed by atoms with Gasteiger partial charge in [-0.1, -0.05) is 30.3 Å². The van der Waals surface area contributed by atoms with Crippen molar-refractivity contribution in [2.45, 2.75) is 13.0 Å². The first kappa shape index (κ1) is 17.3. The zero-order valence-corrected chi connectivity index (χ0v) is 14.4. The van der Waals surface area contributed by atoms with Crippen LogP contribution in [0, 0.1) is 0 Å². The van der Waals surface area contributed by atoms with Crippen molar-refractivity contribution in [3.8, 4) is 0 Å². The molecule has 9 nitrogen and oxygen atoms in total. The number of benzene rings is 1. The van der Waals surface area contributed by atoms with Crippen molar-refractivity contribution in [1.29, 1.82) is 0 Å². The summed E-state index contributed by atoms with van der Waals surface area (Å²) < 4.78 is 3.89. The third-order valence-corrected chi connectivity index (χ3v) is 4.00. The summed E-state index contributed by atoms with van der Waals surface area (Å²) in [5, 5.41) is 3.90. The third-order valence-electron chi connectivity index (χ3n) is 4.00. The molecule has 3 aromatic rings. The monoisotopic (exact) mass is 354 g/mol. The Morgan fingerprint density at radius 3 is 2.65 bits per heavy atom. The van der Waals surface area contributed by atoms with Crippen molar-refractivity contribution < 1.29 is 4.79 Å². The lowest BCUT2D eigenvalue weighted by molar-refractivity contribution is -0.121. The minimum atomic E-state index is -0.444. The fraction of sp³-hybridized carbons (Fsp3) is 0.235. The fourth-order valence-corrected chi connectivity index (χ4v) is 2.56. The molecular formula is C17H18N6O3. The number of amides is 1. The van der Waals surface area contributed by atoms with Crippen LogP contribution in [-0.2, 0) is 25.4 Å². The van der Waals surface area contributed by atoms with Crippen LogP contribution in [0.3, 0.4) is 0 Å². The predicted molar refractivity (Wildman–Crippen MR) is 97.0 cm³/mol. The van der Waals surface area contributed by atoms with Crippen LogP contribution in [0.4, 0.5) is 0 Å². The standard InChI is InChI=1S/C17H18N6O3/c1-21-15-14(16(25)22(2)17(21)26)23(11-18-15)9-8-13(24)20-19-10-12-6-4-3-5-7-12/h3-7,10-11H,8-9H2,1-2H3,(H,20,24)/b19-10-. The Bertz CT molecular complexity index is 1090. The van der Waals surface area contributed by atoms with Crippen molar-refractivity contribution in [3.05, 3.63) is 63.1 Å². The van der Waals surface area contributed by atoms with E-state index in [1.54, 1.807) is 17.8 Å². The number of hydrazone groups is 1.